The summed E-state index contributed by atoms with van der Waals surface area (Å²) in [6, 6.07) is 0. The average molecular weight is 266 g/mol. The van der Waals surface area contributed by atoms with Gasteiger partial charge in [-0.1, -0.05) is 0 Å². The molecule has 4 aromatic rings. The molecule has 0 fully saturated rings. The van der Waals surface area contributed by atoms with Crippen molar-refractivity contribution in [1.29, 1.82) is 0 Å². The zero-order valence-electron chi connectivity index (χ0n) is 9.90. The molecule has 9 nitrogen and oxygen atoms in total. The smallest absolute Gasteiger partial charge is 0.263 e. The molecule has 0 spiro atoms. The number of rotatable bonds is 2. The predicted molar refractivity (Wildman–Crippen MR) is 66.8 cm³/mol. The number of aromatic amines is 2. The van der Waals surface area contributed by atoms with Crippen LogP contribution in [0.15, 0.2) is 25.0 Å². The van der Waals surface area contributed by atoms with Gasteiger partial charge in [0.2, 0.25) is 0 Å². The number of ketones is 1. The molecule has 0 saturated heterocycles. The van der Waals surface area contributed by atoms with Crippen LogP contribution in [-0.4, -0.2) is 45.7 Å². The van der Waals surface area contributed by atoms with Gasteiger partial charge in [0.25, 0.3) is 5.78 Å². The topological polar surface area (TPSA) is 126 Å². The Morgan fingerprint density at radius 3 is 1.80 bits per heavy atom. The molecule has 4 heterocycles. The molecular weight excluding hydrogens is 260 g/mol. The lowest BCUT2D eigenvalue weighted by Crippen LogP contribution is -2.05. The first-order valence-electron chi connectivity index (χ1n) is 5.67. The van der Waals surface area contributed by atoms with E-state index in [2.05, 4.69) is 39.9 Å². The van der Waals surface area contributed by atoms with E-state index in [0.717, 1.165) is 0 Å². The number of hydrogen-bond acceptors (Lipinski definition) is 7. The van der Waals surface area contributed by atoms with Crippen molar-refractivity contribution in [2.24, 2.45) is 0 Å². The third-order valence-electron chi connectivity index (χ3n) is 2.75. The highest BCUT2D eigenvalue weighted by atomic mass is 16.1. The van der Waals surface area contributed by atoms with Crippen molar-refractivity contribution < 1.29 is 4.79 Å². The summed E-state index contributed by atoms with van der Waals surface area (Å²) in [5.74, 6) is -0.0824. The van der Waals surface area contributed by atoms with Gasteiger partial charge in [-0.25, -0.2) is 29.9 Å². The average Bonchev–Trinajstić information content (AvgIpc) is 3.10. The largest absolute Gasteiger partial charge is 0.332 e. The Balaban J connectivity index is 1.82. The first-order chi connectivity index (χ1) is 9.81. The number of carbonyl (C=O) groups is 1. The van der Waals surface area contributed by atoms with E-state index in [0.29, 0.717) is 22.3 Å². The Hall–Kier alpha value is -3.23. The van der Waals surface area contributed by atoms with Crippen LogP contribution in [0.5, 0.6) is 0 Å². The SMILES string of the molecule is O=C(c1nc2ncncc2[nH]1)c1nc2ncncc2[nH]1. The number of nitrogens with zero attached hydrogens (tertiary/aromatic N) is 6. The molecule has 0 amide bonds. The highest BCUT2D eigenvalue weighted by Gasteiger charge is 2.18. The molecule has 0 radical (unpaired) electrons. The molecule has 0 unspecified atom stereocenters. The lowest BCUT2D eigenvalue weighted by Gasteiger charge is -1.89. The van der Waals surface area contributed by atoms with Gasteiger partial charge in [0.05, 0.1) is 12.4 Å². The first kappa shape index (κ1) is 10.7. The number of aromatic nitrogens is 8. The van der Waals surface area contributed by atoms with Crippen LogP contribution in [0.3, 0.4) is 0 Å². The number of hydrogen-bond donors (Lipinski definition) is 2. The highest BCUT2D eigenvalue weighted by Crippen LogP contribution is 2.12. The maximum atomic E-state index is 12.3. The van der Waals surface area contributed by atoms with Crippen LogP contribution in [0.25, 0.3) is 22.3 Å². The molecule has 96 valence electrons. The summed E-state index contributed by atoms with van der Waals surface area (Å²) < 4.78 is 0. The molecule has 0 aliphatic rings. The quantitative estimate of drug-likeness (QED) is 0.498. The van der Waals surface area contributed by atoms with Gasteiger partial charge in [-0.15, -0.1) is 0 Å². The molecule has 0 saturated carbocycles. The van der Waals surface area contributed by atoms with Crippen molar-refractivity contribution in [3.63, 3.8) is 0 Å². The number of H-pyrrole nitrogens is 2. The molecule has 4 rings (SSSR count). The zero-order chi connectivity index (χ0) is 13.5. The molecular formula is C11H6N8O. The van der Waals surface area contributed by atoms with Crippen LogP contribution in [0.1, 0.15) is 16.4 Å². The molecule has 0 aliphatic carbocycles. The number of imidazole rings is 2. The van der Waals surface area contributed by atoms with Gasteiger partial charge in [0.15, 0.2) is 22.9 Å². The van der Waals surface area contributed by atoms with Crippen LogP contribution in [0.4, 0.5) is 0 Å². The first-order valence-corrected chi connectivity index (χ1v) is 5.67. The van der Waals surface area contributed by atoms with E-state index in [1.807, 2.05) is 0 Å². The highest BCUT2D eigenvalue weighted by molar-refractivity contribution is 6.06. The van der Waals surface area contributed by atoms with Crippen molar-refractivity contribution in [3.05, 3.63) is 36.7 Å². The van der Waals surface area contributed by atoms with Crippen LogP contribution in [0, 0.1) is 0 Å². The second-order valence-electron chi connectivity index (χ2n) is 4.02. The van der Waals surface area contributed by atoms with Gasteiger partial charge in [-0.2, -0.15) is 0 Å². The van der Waals surface area contributed by atoms with E-state index in [1.54, 1.807) is 12.4 Å². The van der Waals surface area contributed by atoms with Gasteiger partial charge in [-0.05, 0) is 0 Å². The van der Waals surface area contributed by atoms with Crippen LogP contribution in [0.2, 0.25) is 0 Å². The Bertz CT molecular complexity index is 798. The summed E-state index contributed by atoms with van der Waals surface area (Å²) in [5, 5.41) is 0. The predicted octanol–water partition coefficient (Wildman–Crippen LogP) is 0.250. The minimum Gasteiger partial charge on any atom is -0.332 e. The van der Waals surface area contributed by atoms with Gasteiger partial charge >= 0.3 is 0 Å². The van der Waals surface area contributed by atoms with Crippen LogP contribution in [-0.2, 0) is 0 Å². The van der Waals surface area contributed by atoms with E-state index in [-0.39, 0.29) is 17.4 Å². The zero-order valence-corrected chi connectivity index (χ0v) is 9.90. The second-order valence-corrected chi connectivity index (χ2v) is 4.02. The van der Waals surface area contributed by atoms with E-state index >= 15 is 0 Å². The monoisotopic (exact) mass is 266 g/mol. The van der Waals surface area contributed by atoms with E-state index < -0.39 is 0 Å². The molecule has 0 bridgehead atoms. The summed E-state index contributed by atoms with van der Waals surface area (Å²) >= 11 is 0. The molecule has 0 aromatic carbocycles. The standard InChI is InChI=1S/C11H6N8O/c20-7(10-16-5-1-12-3-14-8(5)18-10)11-17-6-2-13-4-15-9(6)19-11/h1-4H,(H,12,14,16,18)(H,13,15,17,19). The fraction of sp³-hybridized carbons (Fsp3) is 0. The van der Waals surface area contributed by atoms with Crippen molar-refractivity contribution >= 4 is 28.1 Å². The maximum absolute atomic E-state index is 12.3. The van der Waals surface area contributed by atoms with Crippen molar-refractivity contribution in [2.75, 3.05) is 0 Å². The van der Waals surface area contributed by atoms with Crippen LogP contribution < -0.4 is 0 Å². The van der Waals surface area contributed by atoms with E-state index in [9.17, 15) is 4.79 Å². The van der Waals surface area contributed by atoms with E-state index in [1.165, 1.54) is 12.7 Å². The van der Waals surface area contributed by atoms with Crippen molar-refractivity contribution in [3.8, 4) is 0 Å². The lowest BCUT2D eigenvalue weighted by molar-refractivity contribution is 0.102. The Kier molecular flexibility index (Phi) is 2.07. The summed E-state index contributed by atoms with van der Waals surface area (Å²) in [6.07, 6.45) is 5.84. The Morgan fingerprint density at radius 1 is 0.850 bits per heavy atom. The maximum Gasteiger partial charge on any atom is 0.263 e. The summed E-state index contributed by atoms with van der Waals surface area (Å²) in [5.41, 5.74) is 2.04. The lowest BCUT2D eigenvalue weighted by atomic mass is 10.3. The van der Waals surface area contributed by atoms with Gasteiger partial charge < -0.3 is 9.97 Å². The molecule has 2 N–H and O–H groups in total. The minimum absolute atomic E-state index is 0.146. The number of nitrogens with one attached hydrogen (secondary N) is 2. The molecule has 9 heteroatoms. The van der Waals surface area contributed by atoms with Crippen molar-refractivity contribution in [1.82, 2.24) is 39.9 Å². The summed E-state index contributed by atoms with van der Waals surface area (Å²) in [4.78, 5) is 41.9. The molecule has 0 atom stereocenters. The Morgan fingerprint density at radius 2 is 1.35 bits per heavy atom. The fourth-order valence-corrected chi connectivity index (χ4v) is 1.85. The van der Waals surface area contributed by atoms with Gasteiger partial charge in [0.1, 0.15) is 23.7 Å². The van der Waals surface area contributed by atoms with Gasteiger partial charge in [0, 0.05) is 0 Å². The fourth-order valence-electron chi connectivity index (χ4n) is 1.85. The van der Waals surface area contributed by atoms with Gasteiger partial charge in [-0.3, -0.25) is 4.79 Å². The number of carbonyl (C=O) groups excluding carboxylic acids is 1. The molecule has 20 heavy (non-hydrogen) atoms. The summed E-state index contributed by atoms with van der Waals surface area (Å²) in [7, 11) is 0. The second kappa shape index (κ2) is 3.88. The Labute approximate surface area is 110 Å². The van der Waals surface area contributed by atoms with Crippen LogP contribution >= 0.6 is 0 Å². The van der Waals surface area contributed by atoms with E-state index in [4.69, 9.17) is 0 Å². The third-order valence-corrected chi connectivity index (χ3v) is 2.75. The molecule has 0 aliphatic heterocycles. The number of fused-ring (bicyclic) bond motifs is 2. The van der Waals surface area contributed by atoms with Crippen molar-refractivity contribution in [2.45, 2.75) is 0 Å². The minimum atomic E-state index is -0.374. The molecule has 4 aromatic heterocycles. The summed E-state index contributed by atoms with van der Waals surface area (Å²) in [6.45, 7) is 0. The normalized spacial score (nSPS) is 11.2. The third kappa shape index (κ3) is 1.53.